The standard InChI is InChI=1S/C17H24ClNO2/c1-10-7-13(18)8-14-16(15(20)9-21-17(10)14)19-11(2)5-4-6-12(19)3/h7-8,11-12,15-16,20H,4-6,9H2,1-3H3. The second-order valence-corrected chi connectivity index (χ2v) is 6.98. The quantitative estimate of drug-likeness (QED) is 0.858. The summed E-state index contributed by atoms with van der Waals surface area (Å²) in [6.07, 6.45) is 3.13. The maximum absolute atomic E-state index is 10.6. The van der Waals surface area contributed by atoms with Crippen LogP contribution in [-0.4, -0.2) is 34.8 Å². The highest BCUT2D eigenvalue weighted by molar-refractivity contribution is 6.30. The molecule has 2 aliphatic rings. The lowest BCUT2D eigenvalue weighted by Gasteiger charge is -2.47. The summed E-state index contributed by atoms with van der Waals surface area (Å²) in [6.45, 7) is 6.89. The van der Waals surface area contributed by atoms with Crippen molar-refractivity contribution in [2.24, 2.45) is 0 Å². The van der Waals surface area contributed by atoms with Gasteiger partial charge in [-0.25, -0.2) is 0 Å². The van der Waals surface area contributed by atoms with E-state index in [1.54, 1.807) is 0 Å². The molecule has 1 N–H and O–H groups in total. The fourth-order valence-corrected chi connectivity index (χ4v) is 4.27. The number of ether oxygens (including phenoxy) is 1. The smallest absolute Gasteiger partial charge is 0.127 e. The van der Waals surface area contributed by atoms with Crippen LogP contribution < -0.4 is 4.74 Å². The van der Waals surface area contributed by atoms with E-state index in [2.05, 4.69) is 18.7 Å². The minimum absolute atomic E-state index is 0.0172. The summed E-state index contributed by atoms with van der Waals surface area (Å²) in [5.74, 6) is 0.902. The number of fused-ring (bicyclic) bond motifs is 1. The third-order valence-electron chi connectivity index (χ3n) is 4.93. The molecule has 3 rings (SSSR count). The predicted octanol–water partition coefficient (Wildman–Crippen LogP) is 3.71. The van der Waals surface area contributed by atoms with E-state index >= 15 is 0 Å². The highest BCUT2D eigenvalue weighted by atomic mass is 35.5. The maximum atomic E-state index is 10.6. The van der Waals surface area contributed by atoms with Gasteiger partial charge in [0.25, 0.3) is 0 Å². The van der Waals surface area contributed by atoms with Crippen LogP contribution in [0, 0.1) is 6.92 Å². The van der Waals surface area contributed by atoms with Gasteiger partial charge in [-0.1, -0.05) is 18.0 Å². The van der Waals surface area contributed by atoms with Gasteiger partial charge in [-0.05, 0) is 51.3 Å². The Bertz CT molecular complexity index is 524. The van der Waals surface area contributed by atoms with E-state index in [1.807, 2.05) is 19.1 Å². The third kappa shape index (κ3) is 2.67. The molecule has 1 aromatic rings. The average molecular weight is 310 g/mol. The lowest BCUT2D eigenvalue weighted by Crippen LogP contribution is -2.51. The Kier molecular flexibility index (Phi) is 4.17. The molecule has 0 spiro atoms. The maximum Gasteiger partial charge on any atom is 0.127 e. The lowest BCUT2D eigenvalue weighted by molar-refractivity contribution is -0.0457. The number of piperidine rings is 1. The molecule has 2 aliphatic heterocycles. The van der Waals surface area contributed by atoms with Crippen molar-refractivity contribution in [2.75, 3.05) is 6.61 Å². The van der Waals surface area contributed by atoms with Gasteiger partial charge in [0.1, 0.15) is 18.5 Å². The summed E-state index contributed by atoms with van der Waals surface area (Å²) < 4.78 is 5.78. The molecule has 4 unspecified atom stereocenters. The summed E-state index contributed by atoms with van der Waals surface area (Å²) >= 11 is 6.25. The molecule has 0 amide bonds. The second kappa shape index (κ2) is 5.79. The van der Waals surface area contributed by atoms with Gasteiger partial charge in [0, 0.05) is 22.7 Å². The first-order valence-corrected chi connectivity index (χ1v) is 8.25. The number of likely N-dealkylation sites (tertiary alicyclic amines) is 1. The number of hydrogen-bond acceptors (Lipinski definition) is 3. The monoisotopic (exact) mass is 309 g/mol. The van der Waals surface area contributed by atoms with Crippen LogP contribution in [0.2, 0.25) is 5.02 Å². The lowest BCUT2D eigenvalue weighted by atomic mass is 9.88. The molecule has 1 saturated heterocycles. The van der Waals surface area contributed by atoms with Crippen molar-refractivity contribution in [1.82, 2.24) is 4.90 Å². The molecule has 0 aromatic heterocycles. The minimum Gasteiger partial charge on any atom is -0.490 e. The highest BCUT2D eigenvalue weighted by Gasteiger charge is 2.40. The number of halogens is 1. The Balaban J connectivity index is 2.06. The van der Waals surface area contributed by atoms with Crippen LogP contribution in [-0.2, 0) is 0 Å². The van der Waals surface area contributed by atoms with Crippen molar-refractivity contribution < 1.29 is 9.84 Å². The van der Waals surface area contributed by atoms with Crippen LogP contribution in [0.5, 0.6) is 5.75 Å². The molecule has 2 heterocycles. The number of aliphatic hydroxyl groups excluding tert-OH is 1. The van der Waals surface area contributed by atoms with Crippen molar-refractivity contribution in [3.63, 3.8) is 0 Å². The topological polar surface area (TPSA) is 32.7 Å². The second-order valence-electron chi connectivity index (χ2n) is 6.54. The summed E-state index contributed by atoms with van der Waals surface area (Å²) in [6, 6.07) is 4.82. The van der Waals surface area contributed by atoms with Crippen LogP contribution in [0.25, 0.3) is 0 Å². The van der Waals surface area contributed by atoms with E-state index < -0.39 is 6.10 Å². The van der Waals surface area contributed by atoms with Crippen LogP contribution in [0.15, 0.2) is 12.1 Å². The number of nitrogens with zero attached hydrogens (tertiary/aromatic N) is 1. The number of hydrogen-bond donors (Lipinski definition) is 1. The molecule has 116 valence electrons. The highest BCUT2D eigenvalue weighted by Crippen LogP contribution is 2.43. The first-order valence-electron chi connectivity index (χ1n) is 7.87. The molecular weight excluding hydrogens is 286 g/mol. The summed E-state index contributed by atoms with van der Waals surface area (Å²) in [7, 11) is 0. The molecule has 0 bridgehead atoms. The number of aryl methyl sites for hydroxylation is 1. The summed E-state index contributed by atoms with van der Waals surface area (Å²) in [4.78, 5) is 2.46. The Morgan fingerprint density at radius 3 is 2.57 bits per heavy atom. The largest absolute Gasteiger partial charge is 0.490 e. The zero-order valence-electron chi connectivity index (χ0n) is 13.0. The normalized spacial score (nSPS) is 33.4. The zero-order valence-corrected chi connectivity index (χ0v) is 13.7. The fraction of sp³-hybridized carbons (Fsp3) is 0.647. The Labute approximate surface area is 131 Å². The molecule has 4 heteroatoms. The van der Waals surface area contributed by atoms with Crippen molar-refractivity contribution in [3.05, 3.63) is 28.3 Å². The van der Waals surface area contributed by atoms with Crippen molar-refractivity contribution in [3.8, 4) is 5.75 Å². The first kappa shape index (κ1) is 15.1. The number of benzene rings is 1. The van der Waals surface area contributed by atoms with Crippen molar-refractivity contribution in [2.45, 2.75) is 64.3 Å². The van der Waals surface area contributed by atoms with Gasteiger partial charge in [0.05, 0.1) is 6.04 Å². The zero-order chi connectivity index (χ0) is 15.1. The number of aliphatic hydroxyl groups is 1. The van der Waals surface area contributed by atoms with Gasteiger partial charge in [-0.3, -0.25) is 4.90 Å². The van der Waals surface area contributed by atoms with Crippen molar-refractivity contribution >= 4 is 11.6 Å². The predicted molar refractivity (Wildman–Crippen MR) is 85.0 cm³/mol. The SMILES string of the molecule is Cc1cc(Cl)cc2c1OCC(O)C2N1C(C)CCCC1C. The van der Waals surface area contributed by atoms with Crippen molar-refractivity contribution in [1.29, 1.82) is 0 Å². The van der Waals surface area contributed by atoms with Gasteiger partial charge in [-0.15, -0.1) is 0 Å². The molecule has 1 aromatic carbocycles. The average Bonchev–Trinajstić information content (AvgIpc) is 2.40. The molecule has 21 heavy (non-hydrogen) atoms. The van der Waals surface area contributed by atoms with Crippen LogP contribution in [0.1, 0.15) is 50.3 Å². The molecule has 0 aliphatic carbocycles. The summed E-state index contributed by atoms with van der Waals surface area (Å²) in [5.41, 5.74) is 2.09. The van der Waals surface area contributed by atoms with Crippen LogP contribution >= 0.6 is 11.6 Å². The number of rotatable bonds is 1. The van der Waals surface area contributed by atoms with Gasteiger partial charge >= 0.3 is 0 Å². The van der Waals surface area contributed by atoms with Crippen LogP contribution in [0.3, 0.4) is 0 Å². The minimum atomic E-state index is -0.502. The Hall–Kier alpha value is -0.770. The van der Waals surface area contributed by atoms with Gasteiger partial charge < -0.3 is 9.84 Å². The molecule has 3 nitrogen and oxygen atoms in total. The fourth-order valence-electron chi connectivity index (χ4n) is 3.99. The van der Waals surface area contributed by atoms with E-state index in [-0.39, 0.29) is 6.04 Å². The molecule has 0 saturated carbocycles. The van der Waals surface area contributed by atoms with Gasteiger partial charge in [-0.2, -0.15) is 0 Å². The van der Waals surface area contributed by atoms with Gasteiger partial charge in [0.2, 0.25) is 0 Å². The van der Waals surface area contributed by atoms with E-state index in [4.69, 9.17) is 16.3 Å². The van der Waals surface area contributed by atoms with E-state index in [1.165, 1.54) is 19.3 Å². The molecule has 4 atom stereocenters. The third-order valence-corrected chi connectivity index (χ3v) is 5.15. The van der Waals surface area contributed by atoms with E-state index in [9.17, 15) is 5.11 Å². The Morgan fingerprint density at radius 1 is 1.24 bits per heavy atom. The first-order chi connectivity index (χ1) is 9.99. The van der Waals surface area contributed by atoms with E-state index in [0.717, 1.165) is 16.9 Å². The van der Waals surface area contributed by atoms with Gasteiger partial charge in [0.15, 0.2) is 0 Å². The summed E-state index contributed by atoms with van der Waals surface area (Å²) in [5, 5.41) is 11.3. The Morgan fingerprint density at radius 2 is 1.90 bits per heavy atom. The van der Waals surface area contributed by atoms with Crippen LogP contribution in [0.4, 0.5) is 0 Å². The molecular formula is C17H24ClNO2. The molecule has 1 fully saturated rings. The van der Waals surface area contributed by atoms with E-state index in [0.29, 0.717) is 23.7 Å². The molecule has 0 radical (unpaired) electrons.